The number of rotatable bonds is 6. The van der Waals surface area contributed by atoms with Crippen LogP contribution in [0.3, 0.4) is 0 Å². The molecular weight excluding hydrogens is 388 g/mol. The topological polar surface area (TPSA) is 57.9 Å². The van der Waals surface area contributed by atoms with Crippen LogP contribution in [-0.4, -0.2) is 60.7 Å². The largest absolute Gasteiger partial charge is 0.497 e. The molecule has 2 aromatic carbocycles. The first-order chi connectivity index (χ1) is 15.2. The molecule has 2 heterocycles. The van der Waals surface area contributed by atoms with Gasteiger partial charge in [-0.2, -0.15) is 0 Å². The van der Waals surface area contributed by atoms with E-state index in [-0.39, 0.29) is 0 Å². The van der Waals surface area contributed by atoms with Gasteiger partial charge in [0.1, 0.15) is 5.75 Å². The third kappa shape index (κ3) is 5.36. The van der Waals surface area contributed by atoms with Crippen molar-refractivity contribution in [3.63, 3.8) is 0 Å². The van der Waals surface area contributed by atoms with Gasteiger partial charge in [0.2, 0.25) is 0 Å². The quantitative estimate of drug-likeness (QED) is 0.493. The molecule has 0 radical (unpaired) electrons. The number of imidazole rings is 1. The summed E-state index contributed by atoms with van der Waals surface area (Å²) < 4.78 is 7.43. The highest BCUT2D eigenvalue weighted by atomic mass is 16.5. The number of guanidine groups is 1. The molecule has 1 aromatic heterocycles. The highest BCUT2D eigenvalue weighted by Gasteiger charge is 2.20. The normalized spacial score (nSPS) is 14.6. The third-order valence-corrected chi connectivity index (χ3v) is 5.61. The minimum Gasteiger partial charge on any atom is -0.497 e. The summed E-state index contributed by atoms with van der Waals surface area (Å²) in [5.41, 5.74) is 3.71. The molecule has 1 fully saturated rings. The van der Waals surface area contributed by atoms with E-state index in [4.69, 9.17) is 4.74 Å². The Morgan fingerprint density at radius 2 is 1.84 bits per heavy atom. The molecule has 7 nitrogen and oxygen atoms in total. The van der Waals surface area contributed by atoms with E-state index < -0.39 is 0 Å². The molecule has 162 valence electrons. The molecule has 0 bridgehead atoms. The van der Waals surface area contributed by atoms with Crippen LogP contribution < -0.4 is 15.0 Å². The highest BCUT2D eigenvalue weighted by Crippen LogP contribution is 2.22. The molecule has 4 rings (SSSR count). The Balaban J connectivity index is 1.28. The molecule has 0 saturated carbocycles. The van der Waals surface area contributed by atoms with E-state index in [0.717, 1.165) is 51.0 Å². The molecule has 0 aliphatic carbocycles. The van der Waals surface area contributed by atoms with Gasteiger partial charge in [-0.05, 0) is 23.3 Å². The van der Waals surface area contributed by atoms with Crippen LogP contribution >= 0.6 is 0 Å². The predicted molar refractivity (Wildman–Crippen MR) is 125 cm³/mol. The van der Waals surface area contributed by atoms with Gasteiger partial charge in [0.15, 0.2) is 5.96 Å². The number of piperazine rings is 1. The molecule has 1 N–H and O–H groups in total. The van der Waals surface area contributed by atoms with Crippen LogP contribution in [0.4, 0.5) is 5.69 Å². The Morgan fingerprint density at radius 3 is 2.52 bits per heavy atom. The fourth-order valence-electron chi connectivity index (χ4n) is 3.85. The van der Waals surface area contributed by atoms with Crippen molar-refractivity contribution in [1.29, 1.82) is 0 Å². The van der Waals surface area contributed by atoms with Crippen LogP contribution in [0.15, 0.2) is 72.2 Å². The lowest BCUT2D eigenvalue weighted by atomic mass is 10.1. The second kappa shape index (κ2) is 10.0. The lowest BCUT2D eigenvalue weighted by Gasteiger charge is -2.37. The van der Waals surface area contributed by atoms with Crippen LogP contribution in [0, 0.1) is 0 Å². The summed E-state index contributed by atoms with van der Waals surface area (Å²) in [7, 11) is 3.56. The van der Waals surface area contributed by atoms with E-state index in [0.29, 0.717) is 0 Å². The zero-order valence-electron chi connectivity index (χ0n) is 18.2. The third-order valence-electron chi connectivity index (χ3n) is 5.61. The average Bonchev–Trinajstić information content (AvgIpc) is 3.34. The summed E-state index contributed by atoms with van der Waals surface area (Å²) in [6, 6.07) is 17.0. The molecule has 1 saturated heterocycles. The average molecular weight is 419 g/mol. The maximum Gasteiger partial charge on any atom is 0.194 e. The number of aromatic nitrogens is 2. The van der Waals surface area contributed by atoms with E-state index in [1.165, 1.54) is 16.8 Å². The van der Waals surface area contributed by atoms with Crippen molar-refractivity contribution in [2.45, 2.75) is 13.1 Å². The van der Waals surface area contributed by atoms with Gasteiger partial charge >= 0.3 is 0 Å². The van der Waals surface area contributed by atoms with Gasteiger partial charge in [0.05, 0.1) is 13.4 Å². The van der Waals surface area contributed by atoms with Crippen LogP contribution in [-0.2, 0) is 13.1 Å². The summed E-state index contributed by atoms with van der Waals surface area (Å²) in [6.45, 7) is 5.37. The van der Waals surface area contributed by atoms with Crippen LogP contribution in [0.5, 0.6) is 5.75 Å². The molecule has 3 aromatic rings. The van der Waals surface area contributed by atoms with E-state index in [2.05, 4.69) is 66.1 Å². The minimum absolute atomic E-state index is 0.758. The van der Waals surface area contributed by atoms with E-state index in [1.54, 1.807) is 13.3 Å². The fourth-order valence-corrected chi connectivity index (χ4v) is 3.85. The van der Waals surface area contributed by atoms with Gasteiger partial charge in [0.25, 0.3) is 0 Å². The van der Waals surface area contributed by atoms with Gasteiger partial charge in [-0.25, -0.2) is 4.98 Å². The molecule has 0 atom stereocenters. The Bertz CT molecular complexity index is 976. The van der Waals surface area contributed by atoms with Crippen LogP contribution in [0.25, 0.3) is 0 Å². The number of methoxy groups -OCH3 is 1. The van der Waals surface area contributed by atoms with Crippen LogP contribution in [0.2, 0.25) is 0 Å². The number of hydrogen-bond donors (Lipinski definition) is 1. The molecule has 1 aliphatic heterocycles. The monoisotopic (exact) mass is 418 g/mol. The smallest absolute Gasteiger partial charge is 0.194 e. The van der Waals surface area contributed by atoms with Crippen molar-refractivity contribution in [3.05, 3.63) is 78.4 Å². The minimum atomic E-state index is 0.758. The maximum absolute atomic E-state index is 5.36. The van der Waals surface area contributed by atoms with E-state index in [9.17, 15) is 0 Å². The zero-order valence-corrected chi connectivity index (χ0v) is 18.2. The Hall–Kier alpha value is -3.48. The molecule has 31 heavy (non-hydrogen) atoms. The molecular formula is C24H30N6O. The summed E-state index contributed by atoms with van der Waals surface area (Å²) in [4.78, 5) is 13.3. The summed E-state index contributed by atoms with van der Waals surface area (Å²) in [5, 5.41) is 3.52. The van der Waals surface area contributed by atoms with Crippen molar-refractivity contribution in [2.75, 3.05) is 45.2 Å². The van der Waals surface area contributed by atoms with Crippen molar-refractivity contribution in [2.24, 2.45) is 4.99 Å². The van der Waals surface area contributed by atoms with Gasteiger partial charge in [-0.1, -0.05) is 30.3 Å². The lowest BCUT2D eigenvalue weighted by molar-refractivity contribution is 0.372. The SMILES string of the molecule is CN=C(NCc1ccc(Cn2ccnc2)cc1)N1CCN(c2cccc(OC)c2)CC1. The summed E-state index contributed by atoms with van der Waals surface area (Å²) in [5.74, 6) is 1.85. The highest BCUT2D eigenvalue weighted by molar-refractivity contribution is 5.80. The van der Waals surface area contributed by atoms with Crippen molar-refractivity contribution in [1.82, 2.24) is 19.8 Å². The van der Waals surface area contributed by atoms with Crippen molar-refractivity contribution in [3.8, 4) is 5.75 Å². The van der Waals surface area contributed by atoms with E-state index in [1.807, 2.05) is 31.7 Å². The second-order valence-corrected chi connectivity index (χ2v) is 7.63. The number of benzene rings is 2. The lowest BCUT2D eigenvalue weighted by Crippen LogP contribution is -2.52. The number of hydrogen-bond acceptors (Lipinski definition) is 4. The first-order valence-corrected chi connectivity index (χ1v) is 10.6. The molecule has 0 amide bonds. The van der Waals surface area contributed by atoms with Gasteiger partial charge in [-0.15, -0.1) is 0 Å². The molecule has 7 heteroatoms. The number of nitrogens with zero attached hydrogens (tertiary/aromatic N) is 5. The van der Waals surface area contributed by atoms with Crippen LogP contribution in [0.1, 0.15) is 11.1 Å². The second-order valence-electron chi connectivity index (χ2n) is 7.63. The van der Waals surface area contributed by atoms with Crippen molar-refractivity contribution >= 4 is 11.6 Å². The molecule has 1 aliphatic rings. The van der Waals surface area contributed by atoms with Gasteiger partial charge in [0, 0.05) is 70.5 Å². The first-order valence-electron chi connectivity index (χ1n) is 10.6. The predicted octanol–water partition coefficient (Wildman–Crippen LogP) is 2.84. The zero-order chi connectivity index (χ0) is 21.5. The number of ether oxygens (including phenoxy) is 1. The Kier molecular flexibility index (Phi) is 6.72. The Morgan fingerprint density at radius 1 is 1.06 bits per heavy atom. The molecule has 0 unspecified atom stereocenters. The van der Waals surface area contributed by atoms with Gasteiger partial charge in [-0.3, -0.25) is 4.99 Å². The van der Waals surface area contributed by atoms with E-state index >= 15 is 0 Å². The standard InChI is InChI=1S/C24H30N6O/c1-25-24(27-17-20-6-8-21(9-7-20)18-28-11-10-26-19-28)30-14-12-29(13-15-30)22-4-3-5-23(16-22)31-2/h3-11,16,19H,12-15,17-18H2,1-2H3,(H,25,27). The number of nitrogens with one attached hydrogen (secondary N) is 1. The fraction of sp³-hybridized carbons (Fsp3) is 0.333. The summed E-state index contributed by atoms with van der Waals surface area (Å²) in [6.07, 6.45) is 5.63. The van der Waals surface area contributed by atoms with Crippen molar-refractivity contribution < 1.29 is 4.74 Å². The summed E-state index contributed by atoms with van der Waals surface area (Å²) >= 11 is 0. The maximum atomic E-state index is 5.36. The number of anilines is 1. The number of aliphatic imine (C=N–C) groups is 1. The Labute approximate surface area is 184 Å². The first kappa shape index (κ1) is 20.8. The van der Waals surface area contributed by atoms with Gasteiger partial charge < -0.3 is 24.4 Å². The molecule has 0 spiro atoms.